The largest absolute Gasteiger partial charge is 0.484 e. The zero-order valence-electron chi connectivity index (χ0n) is 10.4. The molecule has 18 heavy (non-hydrogen) atoms. The number of carbonyl (C=O) groups is 1. The number of hydrogen-bond acceptors (Lipinski definition) is 3. The fourth-order valence-corrected chi connectivity index (χ4v) is 2.02. The Morgan fingerprint density at radius 2 is 2.11 bits per heavy atom. The SMILES string of the molecule is COCC(CCBr)NC(=O)COc1ccccc1. The first-order valence-electron chi connectivity index (χ1n) is 5.78. The van der Waals surface area contributed by atoms with Crippen molar-refractivity contribution in [1.29, 1.82) is 0 Å². The number of alkyl halides is 1. The maximum absolute atomic E-state index is 11.7. The first-order chi connectivity index (χ1) is 8.76. The maximum Gasteiger partial charge on any atom is 0.258 e. The van der Waals surface area contributed by atoms with E-state index in [-0.39, 0.29) is 18.6 Å². The number of para-hydroxylation sites is 1. The first kappa shape index (κ1) is 15.0. The highest BCUT2D eigenvalue weighted by Gasteiger charge is 2.11. The van der Waals surface area contributed by atoms with Crippen LogP contribution in [0.5, 0.6) is 5.75 Å². The fraction of sp³-hybridized carbons (Fsp3) is 0.462. The molecule has 1 rings (SSSR count). The minimum atomic E-state index is -0.137. The zero-order chi connectivity index (χ0) is 13.2. The van der Waals surface area contributed by atoms with Crippen LogP contribution in [-0.4, -0.2) is 37.6 Å². The van der Waals surface area contributed by atoms with Gasteiger partial charge in [0.2, 0.25) is 0 Å². The van der Waals surface area contributed by atoms with Crippen molar-refractivity contribution < 1.29 is 14.3 Å². The second-order valence-electron chi connectivity index (χ2n) is 3.80. The van der Waals surface area contributed by atoms with E-state index in [1.165, 1.54) is 0 Å². The topological polar surface area (TPSA) is 47.6 Å². The number of methoxy groups -OCH3 is 1. The van der Waals surface area contributed by atoms with Crippen LogP contribution in [0.1, 0.15) is 6.42 Å². The van der Waals surface area contributed by atoms with E-state index in [1.807, 2.05) is 30.3 Å². The Morgan fingerprint density at radius 1 is 1.39 bits per heavy atom. The van der Waals surface area contributed by atoms with Crippen molar-refractivity contribution in [1.82, 2.24) is 5.32 Å². The first-order valence-corrected chi connectivity index (χ1v) is 6.90. The Hall–Kier alpha value is -1.07. The summed E-state index contributed by atoms with van der Waals surface area (Å²) in [6.45, 7) is 0.523. The molecule has 1 aromatic rings. The summed E-state index contributed by atoms with van der Waals surface area (Å²) in [7, 11) is 1.62. The highest BCUT2D eigenvalue weighted by Crippen LogP contribution is 2.07. The summed E-state index contributed by atoms with van der Waals surface area (Å²) in [5.41, 5.74) is 0. The summed E-state index contributed by atoms with van der Waals surface area (Å²) >= 11 is 3.35. The molecule has 4 nitrogen and oxygen atoms in total. The van der Waals surface area contributed by atoms with Gasteiger partial charge in [-0.25, -0.2) is 0 Å². The van der Waals surface area contributed by atoms with Crippen LogP contribution in [-0.2, 0) is 9.53 Å². The number of halogens is 1. The van der Waals surface area contributed by atoms with Crippen molar-refractivity contribution in [2.45, 2.75) is 12.5 Å². The maximum atomic E-state index is 11.7. The van der Waals surface area contributed by atoms with Crippen LogP contribution in [0.15, 0.2) is 30.3 Å². The second kappa shape index (κ2) is 8.94. The Morgan fingerprint density at radius 3 is 2.72 bits per heavy atom. The van der Waals surface area contributed by atoms with E-state index in [1.54, 1.807) is 7.11 Å². The lowest BCUT2D eigenvalue weighted by Gasteiger charge is -2.16. The summed E-state index contributed by atoms with van der Waals surface area (Å²) in [5, 5.41) is 3.69. The van der Waals surface area contributed by atoms with E-state index in [0.29, 0.717) is 12.4 Å². The Balaban J connectivity index is 2.31. The van der Waals surface area contributed by atoms with Crippen LogP contribution in [0, 0.1) is 0 Å². The molecule has 5 heteroatoms. The van der Waals surface area contributed by atoms with Crippen molar-refractivity contribution in [3.63, 3.8) is 0 Å². The van der Waals surface area contributed by atoms with Gasteiger partial charge in [-0.3, -0.25) is 4.79 Å². The minimum Gasteiger partial charge on any atom is -0.484 e. The van der Waals surface area contributed by atoms with Gasteiger partial charge in [-0.1, -0.05) is 34.1 Å². The van der Waals surface area contributed by atoms with Gasteiger partial charge < -0.3 is 14.8 Å². The van der Waals surface area contributed by atoms with Gasteiger partial charge in [-0.2, -0.15) is 0 Å². The molecule has 1 atom stereocenters. The third-order valence-corrected chi connectivity index (χ3v) is 2.76. The molecule has 0 radical (unpaired) electrons. The van der Waals surface area contributed by atoms with Gasteiger partial charge in [0.15, 0.2) is 6.61 Å². The number of ether oxygens (including phenoxy) is 2. The molecule has 1 amide bonds. The van der Waals surface area contributed by atoms with Crippen LogP contribution in [0.4, 0.5) is 0 Å². The number of nitrogens with one attached hydrogen (secondary N) is 1. The molecule has 0 saturated heterocycles. The van der Waals surface area contributed by atoms with Gasteiger partial charge in [0.05, 0.1) is 12.6 Å². The van der Waals surface area contributed by atoms with Crippen molar-refractivity contribution in [3.8, 4) is 5.75 Å². The monoisotopic (exact) mass is 315 g/mol. The van der Waals surface area contributed by atoms with Gasteiger partial charge in [-0.05, 0) is 18.6 Å². The lowest BCUT2D eigenvalue weighted by atomic mass is 10.2. The average molecular weight is 316 g/mol. The predicted octanol–water partition coefficient (Wildman–Crippen LogP) is 1.98. The number of carbonyl (C=O) groups excluding carboxylic acids is 1. The van der Waals surface area contributed by atoms with E-state index in [2.05, 4.69) is 21.2 Å². The number of benzene rings is 1. The van der Waals surface area contributed by atoms with E-state index in [9.17, 15) is 4.79 Å². The molecule has 1 unspecified atom stereocenters. The molecule has 1 aromatic carbocycles. The molecule has 0 fully saturated rings. The Kier molecular flexibility index (Phi) is 7.44. The Bertz CT molecular complexity index is 339. The molecular formula is C13H18BrNO3. The second-order valence-corrected chi connectivity index (χ2v) is 4.59. The summed E-state index contributed by atoms with van der Waals surface area (Å²) in [5.74, 6) is 0.554. The lowest BCUT2D eigenvalue weighted by Crippen LogP contribution is -2.40. The van der Waals surface area contributed by atoms with Crippen LogP contribution >= 0.6 is 15.9 Å². The van der Waals surface area contributed by atoms with Crippen LogP contribution in [0.2, 0.25) is 0 Å². The normalized spacial score (nSPS) is 11.9. The van der Waals surface area contributed by atoms with Gasteiger partial charge in [0, 0.05) is 12.4 Å². The van der Waals surface area contributed by atoms with Gasteiger partial charge in [-0.15, -0.1) is 0 Å². The molecule has 0 aliphatic carbocycles. The quantitative estimate of drug-likeness (QED) is 0.746. The zero-order valence-corrected chi connectivity index (χ0v) is 12.0. The standard InChI is InChI=1S/C13H18BrNO3/c1-17-9-11(7-8-14)15-13(16)10-18-12-5-3-2-4-6-12/h2-6,11H,7-10H2,1H3,(H,15,16). The molecular weight excluding hydrogens is 298 g/mol. The Labute approximate surface area is 116 Å². The third-order valence-electron chi connectivity index (χ3n) is 2.30. The van der Waals surface area contributed by atoms with E-state index in [4.69, 9.17) is 9.47 Å². The van der Waals surface area contributed by atoms with Gasteiger partial charge >= 0.3 is 0 Å². The van der Waals surface area contributed by atoms with Crippen molar-refractivity contribution in [3.05, 3.63) is 30.3 Å². The van der Waals surface area contributed by atoms with Crippen molar-refractivity contribution >= 4 is 21.8 Å². The van der Waals surface area contributed by atoms with E-state index >= 15 is 0 Å². The number of hydrogen-bond donors (Lipinski definition) is 1. The molecule has 0 aromatic heterocycles. The highest BCUT2D eigenvalue weighted by atomic mass is 79.9. The number of amides is 1. The van der Waals surface area contributed by atoms with Gasteiger partial charge in [0.1, 0.15) is 5.75 Å². The van der Waals surface area contributed by atoms with E-state index in [0.717, 1.165) is 11.8 Å². The summed E-state index contributed by atoms with van der Waals surface area (Å²) < 4.78 is 10.4. The summed E-state index contributed by atoms with van der Waals surface area (Å²) in [6, 6.07) is 9.28. The van der Waals surface area contributed by atoms with Crippen LogP contribution < -0.4 is 10.1 Å². The van der Waals surface area contributed by atoms with E-state index < -0.39 is 0 Å². The van der Waals surface area contributed by atoms with Crippen LogP contribution in [0.25, 0.3) is 0 Å². The van der Waals surface area contributed by atoms with Gasteiger partial charge in [0.25, 0.3) is 5.91 Å². The van der Waals surface area contributed by atoms with Crippen molar-refractivity contribution in [2.24, 2.45) is 0 Å². The summed E-state index contributed by atoms with van der Waals surface area (Å²) in [4.78, 5) is 11.7. The molecule has 0 aliphatic rings. The molecule has 0 aliphatic heterocycles. The van der Waals surface area contributed by atoms with Crippen LogP contribution in [0.3, 0.4) is 0 Å². The molecule has 100 valence electrons. The molecule has 0 heterocycles. The lowest BCUT2D eigenvalue weighted by molar-refractivity contribution is -0.124. The predicted molar refractivity (Wildman–Crippen MR) is 74.2 cm³/mol. The number of rotatable bonds is 8. The fourth-order valence-electron chi connectivity index (χ4n) is 1.46. The van der Waals surface area contributed by atoms with Crippen molar-refractivity contribution in [2.75, 3.05) is 25.7 Å². The highest BCUT2D eigenvalue weighted by molar-refractivity contribution is 9.09. The molecule has 0 saturated carbocycles. The molecule has 0 spiro atoms. The molecule has 1 N–H and O–H groups in total. The third kappa shape index (κ3) is 6.02. The smallest absolute Gasteiger partial charge is 0.258 e. The average Bonchev–Trinajstić information content (AvgIpc) is 2.38. The summed E-state index contributed by atoms with van der Waals surface area (Å²) in [6.07, 6.45) is 0.824. The molecule has 0 bridgehead atoms. The minimum absolute atomic E-state index is 0.0150.